The molecule has 60 valence electrons. The number of hydrogen-bond acceptors (Lipinski definition) is 2. The number of nitrogens with zero attached hydrogens (tertiary/aromatic N) is 1. The first-order valence-electron chi connectivity index (χ1n) is 4.23. The van der Waals surface area contributed by atoms with E-state index in [0.717, 1.165) is 5.71 Å². The second-order valence-corrected chi connectivity index (χ2v) is 3.56. The second-order valence-electron chi connectivity index (χ2n) is 3.56. The molecule has 0 saturated heterocycles. The van der Waals surface area contributed by atoms with Crippen LogP contribution >= 0.6 is 0 Å². The molecular weight excluding hydrogens is 138 g/mol. The largest absolute Gasteiger partial charge is 0.411 e. The van der Waals surface area contributed by atoms with E-state index in [2.05, 4.69) is 12.1 Å². The van der Waals surface area contributed by atoms with Crippen LogP contribution in [0.1, 0.15) is 26.2 Å². The monoisotopic (exact) mass is 151 g/mol. The van der Waals surface area contributed by atoms with Crippen molar-refractivity contribution in [3.8, 4) is 0 Å². The van der Waals surface area contributed by atoms with Gasteiger partial charge >= 0.3 is 0 Å². The molecule has 2 aliphatic rings. The summed E-state index contributed by atoms with van der Waals surface area (Å²) >= 11 is 0. The first-order chi connectivity index (χ1) is 5.33. The first-order valence-corrected chi connectivity index (χ1v) is 4.23. The zero-order valence-corrected chi connectivity index (χ0v) is 6.75. The highest BCUT2D eigenvalue weighted by Crippen LogP contribution is 2.42. The summed E-state index contributed by atoms with van der Waals surface area (Å²) < 4.78 is 0. The van der Waals surface area contributed by atoms with Gasteiger partial charge in [0.2, 0.25) is 0 Å². The van der Waals surface area contributed by atoms with Gasteiger partial charge < -0.3 is 5.21 Å². The molecule has 2 nitrogen and oxygen atoms in total. The van der Waals surface area contributed by atoms with E-state index in [4.69, 9.17) is 5.21 Å². The average Bonchev–Trinajstić information content (AvgIpc) is 2.54. The zero-order valence-electron chi connectivity index (χ0n) is 6.75. The van der Waals surface area contributed by atoms with E-state index in [9.17, 15) is 0 Å². The average molecular weight is 151 g/mol. The lowest BCUT2D eigenvalue weighted by molar-refractivity contribution is 0.315. The minimum atomic E-state index is 0.542. The fourth-order valence-electron chi connectivity index (χ4n) is 2.41. The van der Waals surface area contributed by atoms with Gasteiger partial charge in [0.25, 0.3) is 0 Å². The maximum atomic E-state index is 8.67. The maximum absolute atomic E-state index is 8.67. The molecule has 0 heterocycles. The van der Waals surface area contributed by atoms with Gasteiger partial charge in [-0.05, 0) is 31.8 Å². The molecule has 2 heteroatoms. The van der Waals surface area contributed by atoms with Crippen LogP contribution in [0.5, 0.6) is 0 Å². The highest BCUT2D eigenvalue weighted by atomic mass is 16.4. The molecule has 0 spiro atoms. The molecule has 0 radical (unpaired) electrons. The van der Waals surface area contributed by atoms with Crippen LogP contribution in [0.15, 0.2) is 16.8 Å². The molecule has 0 aromatic heterocycles. The zero-order chi connectivity index (χ0) is 7.84. The molecule has 1 N–H and O–H groups in total. The number of allylic oxidation sites excluding steroid dienone is 2. The van der Waals surface area contributed by atoms with Crippen molar-refractivity contribution < 1.29 is 5.21 Å². The first kappa shape index (κ1) is 6.89. The van der Waals surface area contributed by atoms with Crippen LogP contribution < -0.4 is 0 Å². The predicted octanol–water partition coefficient (Wildman–Crippen LogP) is 2.19. The molecule has 2 aliphatic carbocycles. The van der Waals surface area contributed by atoms with Crippen molar-refractivity contribution in [1.82, 2.24) is 0 Å². The molecule has 0 bridgehead atoms. The molecule has 0 aliphatic heterocycles. The van der Waals surface area contributed by atoms with Gasteiger partial charge in [0.1, 0.15) is 0 Å². The van der Waals surface area contributed by atoms with Crippen molar-refractivity contribution in [2.45, 2.75) is 26.2 Å². The third-order valence-electron chi connectivity index (χ3n) is 2.97. The van der Waals surface area contributed by atoms with Gasteiger partial charge in [0.15, 0.2) is 0 Å². The lowest BCUT2D eigenvalue weighted by Gasteiger charge is -2.09. The summed E-state index contributed by atoms with van der Waals surface area (Å²) in [6.07, 6.45) is 5.82. The van der Waals surface area contributed by atoms with Crippen LogP contribution in [0, 0.1) is 11.8 Å². The number of hydrogen-bond donors (Lipinski definition) is 1. The summed E-state index contributed by atoms with van der Waals surface area (Å²) in [6.45, 7) is 2.14. The van der Waals surface area contributed by atoms with Crippen LogP contribution in [0.2, 0.25) is 0 Å². The number of oxime groups is 1. The standard InChI is InChI=1S/C9H13NO/c1-6-5-9(10-11)8-4-2-3-7(6)8/h5,7-8,11H,2-4H2,1H3/b10-9-. The molecular formula is C9H13NO. The van der Waals surface area contributed by atoms with Gasteiger partial charge in [-0.15, -0.1) is 0 Å². The molecule has 2 atom stereocenters. The minimum Gasteiger partial charge on any atom is -0.411 e. The molecule has 0 aromatic carbocycles. The van der Waals surface area contributed by atoms with Crippen molar-refractivity contribution in [2.75, 3.05) is 0 Å². The summed E-state index contributed by atoms with van der Waals surface area (Å²) in [6, 6.07) is 0. The van der Waals surface area contributed by atoms with Crippen LogP contribution in [0.25, 0.3) is 0 Å². The molecule has 0 amide bonds. The molecule has 2 rings (SSSR count). The fraction of sp³-hybridized carbons (Fsp3) is 0.667. The van der Waals surface area contributed by atoms with Gasteiger partial charge in [-0.2, -0.15) is 0 Å². The van der Waals surface area contributed by atoms with Crippen LogP contribution in [-0.4, -0.2) is 10.9 Å². The maximum Gasteiger partial charge on any atom is 0.0832 e. The summed E-state index contributed by atoms with van der Waals surface area (Å²) in [5, 5.41) is 12.0. The fourth-order valence-corrected chi connectivity index (χ4v) is 2.41. The third kappa shape index (κ3) is 0.889. The number of fused-ring (bicyclic) bond motifs is 1. The van der Waals surface area contributed by atoms with Crippen molar-refractivity contribution in [3.63, 3.8) is 0 Å². The Morgan fingerprint density at radius 1 is 1.45 bits per heavy atom. The third-order valence-corrected chi connectivity index (χ3v) is 2.97. The van der Waals surface area contributed by atoms with Crippen molar-refractivity contribution >= 4 is 5.71 Å². The smallest absolute Gasteiger partial charge is 0.0832 e. The highest BCUT2D eigenvalue weighted by Gasteiger charge is 2.36. The van der Waals surface area contributed by atoms with Gasteiger partial charge in [0, 0.05) is 5.92 Å². The Kier molecular flexibility index (Phi) is 1.48. The van der Waals surface area contributed by atoms with Crippen LogP contribution in [0.3, 0.4) is 0 Å². The Morgan fingerprint density at radius 2 is 2.18 bits per heavy atom. The normalized spacial score (nSPS) is 39.4. The van der Waals surface area contributed by atoms with Gasteiger partial charge in [-0.3, -0.25) is 0 Å². The Hall–Kier alpha value is -0.790. The lowest BCUT2D eigenvalue weighted by atomic mass is 9.95. The van der Waals surface area contributed by atoms with Gasteiger partial charge in [-0.1, -0.05) is 17.1 Å². The van der Waals surface area contributed by atoms with Crippen molar-refractivity contribution in [1.29, 1.82) is 0 Å². The molecule has 0 aromatic rings. The van der Waals surface area contributed by atoms with Crippen molar-refractivity contribution in [3.05, 3.63) is 11.6 Å². The van der Waals surface area contributed by atoms with E-state index in [1.165, 1.54) is 24.8 Å². The van der Waals surface area contributed by atoms with E-state index in [1.807, 2.05) is 6.08 Å². The van der Waals surface area contributed by atoms with Gasteiger partial charge in [-0.25, -0.2) is 0 Å². The Labute approximate surface area is 66.6 Å². The molecule has 11 heavy (non-hydrogen) atoms. The summed E-state index contributed by atoms with van der Waals surface area (Å²) in [5.41, 5.74) is 2.31. The van der Waals surface area contributed by atoms with Gasteiger partial charge in [0.05, 0.1) is 5.71 Å². The van der Waals surface area contributed by atoms with Crippen molar-refractivity contribution in [2.24, 2.45) is 17.0 Å². The predicted molar refractivity (Wildman–Crippen MR) is 43.8 cm³/mol. The summed E-state index contributed by atoms with van der Waals surface area (Å²) in [4.78, 5) is 0. The molecule has 1 saturated carbocycles. The minimum absolute atomic E-state index is 0.542. The van der Waals surface area contributed by atoms with E-state index in [1.54, 1.807) is 0 Å². The SMILES string of the molecule is CC1=C/C(=N/O)C2CCCC12. The van der Waals surface area contributed by atoms with E-state index < -0.39 is 0 Å². The van der Waals surface area contributed by atoms with Crippen LogP contribution in [-0.2, 0) is 0 Å². The summed E-state index contributed by atoms with van der Waals surface area (Å²) in [7, 11) is 0. The van der Waals surface area contributed by atoms with Crippen LogP contribution in [0.4, 0.5) is 0 Å². The molecule has 1 fully saturated rings. The Balaban J connectivity index is 2.30. The van der Waals surface area contributed by atoms with E-state index >= 15 is 0 Å². The highest BCUT2D eigenvalue weighted by molar-refractivity contribution is 6.00. The Bertz CT molecular complexity index is 230. The number of rotatable bonds is 0. The Morgan fingerprint density at radius 3 is 2.91 bits per heavy atom. The quantitative estimate of drug-likeness (QED) is 0.417. The van der Waals surface area contributed by atoms with E-state index in [0.29, 0.717) is 11.8 Å². The lowest BCUT2D eigenvalue weighted by Crippen LogP contribution is -2.09. The topological polar surface area (TPSA) is 32.6 Å². The molecule has 2 unspecified atom stereocenters. The van der Waals surface area contributed by atoms with E-state index in [-0.39, 0.29) is 0 Å². The second kappa shape index (κ2) is 2.36. The summed E-state index contributed by atoms with van der Waals surface area (Å²) in [5.74, 6) is 1.24.